The van der Waals surface area contributed by atoms with Crippen LogP contribution in [-0.4, -0.2) is 50.6 Å². The van der Waals surface area contributed by atoms with E-state index in [1.807, 2.05) is 32.0 Å². The van der Waals surface area contributed by atoms with Crippen LogP contribution in [0.15, 0.2) is 53.6 Å². The molecule has 1 atom stereocenters. The molecule has 170 valence electrons. The summed E-state index contributed by atoms with van der Waals surface area (Å²) in [6, 6.07) is 10.6. The molecule has 2 heterocycles. The fraction of sp³-hybridized carbons (Fsp3) is 0.261. The quantitative estimate of drug-likeness (QED) is 0.379. The average molecular weight is 447 g/mol. The van der Waals surface area contributed by atoms with Crippen LogP contribution in [0.25, 0.3) is 16.6 Å². The lowest BCUT2D eigenvalue weighted by atomic mass is 10.1. The Morgan fingerprint density at radius 3 is 2.73 bits per heavy atom. The number of carbonyl (C=O) groups is 1. The van der Waals surface area contributed by atoms with Crippen molar-refractivity contribution in [1.82, 2.24) is 30.3 Å². The molecule has 10 heteroatoms. The van der Waals surface area contributed by atoms with Gasteiger partial charge in [-0.1, -0.05) is 11.6 Å². The minimum atomic E-state index is -0.248. The molecular weight excluding hydrogens is 422 g/mol. The molecule has 10 nitrogen and oxygen atoms in total. The second-order valence-corrected chi connectivity index (χ2v) is 7.73. The first-order chi connectivity index (χ1) is 15.9. The van der Waals surface area contributed by atoms with Crippen molar-refractivity contribution in [1.29, 1.82) is 0 Å². The molecule has 0 spiro atoms. The number of rotatable bonds is 8. The van der Waals surface area contributed by atoms with E-state index in [1.54, 1.807) is 37.7 Å². The van der Waals surface area contributed by atoms with Gasteiger partial charge in [0.05, 0.1) is 41.7 Å². The number of aryl methyl sites for hydroxylation is 1. The van der Waals surface area contributed by atoms with E-state index in [0.29, 0.717) is 46.8 Å². The number of carbonyl (C=O) groups excluding carboxylic acids is 1. The number of aromatic nitrogens is 5. The SMILES string of the molecule is COc1ccc2nc(NCCC(C)NC(=O)c3cc(C)ccc3-n3nccn3)[nH]c(=O)c2c1. The molecule has 2 aromatic heterocycles. The Morgan fingerprint density at radius 2 is 1.97 bits per heavy atom. The number of hydrogen-bond acceptors (Lipinski definition) is 7. The number of nitrogens with zero attached hydrogens (tertiary/aromatic N) is 4. The van der Waals surface area contributed by atoms with E-state index < -0.39 is 0 Å². The summed E-state index contributed by atoms with van der Waals surface area (Å²) in [7, 11) is 1.55. The van der Waals surface area contributed by atoms with E-state index in [-0.39, 0.29) is 17.5 Å². The smallest absolute Gasteiger partial charge is 0.260 e. The standard InChI is InChI=1S/C23H25N7O3/c1-14-4-7-20(30-25-10-11-26-30)18(12-14)22(32)27-15(2)8-9-24-23-28-19-6-5-16(33-3)13-17(19)21(31)29-23/h4-7,10-13,15H,8-9H2,1-3H3,(H,27,32)(H2,24,28,29,31). The van der Waals surface area contributed by atoms with Gasteiger partial charge in [-0.3, -0.25) is 14.6 Å². The van der Waals surface area contributed by atoms with Crippen molar-refractivity contribution < 1.29 is 9.53 Å². The van der Waals surface area contributed by atoms with E-state index in [4.69, 9.17) is 4.74 Å². The molecule has 0 bridgehead atoms. The first-order valence-corrected chi connectivity index (χ1v) is 10.5. The second-order valence-electron chi connectivity index (χ2n) is 7.73. The molecule has 0 saturated carbocycles. The van der Waals surface area contributed by atoms with Gasteiger partial charge in [0.1, 0.15) is 5.75 Å². The summed E-state index contributed by atoms with van der Waals surface area (Å²) >= 11 is 0. The number of methoxy groups -OCH3 is 1. The van der Waals surface area contributed by atoms with E-state index in [1.165, 1.54) is 4.80 Å². The number of anilines is 1. The molecule has 4 rings (SSSR count). The van der Waals surface area contributed by atoms with Crippen LogP contribution < -0.4 is 20.9 Å². The molecule has 1 amide bonds. The van der Waals surface area contributed by atoms with Gasteiger partial charge in [-0.15, -0.1) is 0 Å². The zero-order valence-corrected chi connectivity index (χ0v) is 18.6. The molecule has 0 aliphatic rings. The highest BCUT2D eigenvalue weighted by atomic mass is 16.5. The van der Waals surface area contributed by atoms with Crippen molar-refractivity contribution in [2.24, 2.45) is 0 Å². The van der Waals surface area contributed by atoms with Gasteiger partial charge in [0.25, 0.3) is 11.5 Å². The summed E-state index contributed by atoms with van der Waals surface area (Å²) in [4.78, 5) is 33.9. The minimum Gasteiger partial charge on any atom is -0.497 e. The molecule has 3 N–H and O–H groups in total. The van der Waals surface area contributed by atoms with Crippen molar-refractivity contribution in [2.75, 3.05) is 19.0 Å². The summed E-state index contributed by atoms with van der Waals surface area (Å²) in [5.74, 6) is 0.770. The first kappa shape index (κ1) is 22.0. The maximum absolute atomic E-state index is 12.9. The van der Waals surface area contributed by atoms with Crippen LogP contribution >= 0.6 is 0 Å². The van der Waals surface area contributed by atoms with E-state index in [0.717, 1.165) is 5.56 Å². The lowest BCUT2D eigenvalue weighted by Gasteiger charge is -2.16. The average Bonchev–Trinajstić information content (AvgIpc) is 3.33. The Labute approximate surface area is 190 Å². The molecule has 0 aliphatic heterocycles. The van der Waals surface area contributed by atoms with E-state index in [2.05, 4.69) is 30.8 Å². The van der Waals surface area contributed by atoms with Gasteiger partial charge in [-0.2, -0.15) is 15.0 Å². The summed E-state index contributed by atoms with van der Waals surface area (Å²) in [5.41, 5.74) is 2.41. The fourth-order valence-corrected chi connectivity index (χ4v) is 3.46. The Kier molecular flexibility index (Phi) is 6.34. The topological polar surface area (TPSA) is 127 Å². The Bertz CT molecular complexity index is 1330. The fourth-order valence-electron chi connectivity index (χ4n) is 3.46. The van der Waals surface area contributed by atoms with Crippen LogP contribution in [0.3, 0.4) is 0 Å². The monoisotopic (exact) mass is 447 g/mol. The van der Waals surface area contributed by atoms with Crippen LogP contribution in [0.4, 0.5) is 5.95 Å². The number of hydrogen-bond donors (Lipinski definition) is 3. The summed E-state index contributed by atoms with van der Waals surface area (Å²) < 4.78 is 5.16. The maximum Gasteiger partial charge on any atom is 0.260 e. The van der Waals surface area contributed by atoms with Crippen LogP contribution in [0.2, 0.25) is 0 Å². The molecule has 0 radical (unpaired) electrons. The number of benzene rings is 2. The predicted octanol–water partition coefficient (Wildman–Crippen LogP) is 2.44. The minimum absolute atomic E-state index is 0.125. The van der Waals surface area contributed by atoms with Gasteiger partial charge in [0.2, 0.25) is 5.95 Å². The van der Waals surface area contributed by atoms with Gasteiger partial charge >= 0.3 is 0 Å². The Morgan fingerprint density at radius 1 is 1.18 bits per heavy atom. The molecule has 33 heavy (non-hydrogen) atoms. The highest BCUT2D eigenvalue weighted by Gasteiger charge is 2.16. The third kappa shape index (κ3) is 5.00. The lowest BCUT2D eigenvalue weighted by Crippen LogP contribution is -2.34. The highest BCUT2D eigenvalue weighted by Crippen LogP contribution is 2.17. The Hall–Kier alpha value is -4.21. The molecule has 4 aromatic rings. The molecule has 0 aliphatic carbocycles. The van der Waals surface area contributed by atoms with Crippen molar-refractivity contribution in [3.05, 3.63) is 70.3 Å². The van der Waals surface area contributed by atoms with E-state index >= 15 is 0 Å². The van der Waals surface area contributed by atoms with Gasteiger partial charge in [0, 0.05) is 12.6 Å². The van der Waals surface area contributed by atoms with Crippen LogP contribution in [-0.2, 0) is 0 Å². The van der Waals surface area contributed by atoms with Crippen LogP contribution in [0.1, 0.15) is 29.3 Å². The lowest BCUT2D eigenvalue weighted by molar-refractivity contribution is 0.0938. The van der Waals surface area contributed by atoms with Crippen molar-refractivity contribution >= 4 is 22.8 Å². The second kappa shape index (κ2) is 9.51. The molecule has 0 saturated heterocycles. The maximum atomic E-state index is 12.9. The summed E-state index contributed by atoms with van der Waals surface area (Å²) in [6.07, 6.45) is 3.76. The highest BCUT2D eigenvalue weighted by molar-refractivity contribution is 5.98. The zero-order valence-electron chi connectivity index (χ0n) is 18.6. The van der Waals surface area contributed by atoms with Gasteiger partial charge in [-0.05, 0) is 50.6 Å². The number of aromatic amines is 1. The summed E-state index contributed by atoms with van der Waals surface area (Å²) in [5, 5.41) is 14.9. The van der Waals surface area contributed by atoms with Crippen molar-refractivity contribution in [3.63, 3.8) is 0 Å². The first-order valence-electron chi connectivity index (χ1n) is 10.5. The van der Waals surface area contributed by atoms with Crippen molar-refractivity contribution in [2.45, 2.75) is 26.3 Å². The zero-order chi connectivity index (χ0) is 23.4. The number of H-pyrrole nitrogens is 1. The predicted molar refractivity (Wildman–Crippen MR) is 125 cm³/mol. The molecule has 2 aromatic carbocycles. The van der Waals surface area contributed by atoms with E-state index in [9.17, 15) is 9.59 Å². The summed E-state index contributed by atoms with van der Waals surface area (Å²) in [6.45, 7) is 4.36. The normalized spacial score (nSPS) is 11.8. The number of ether oxygens (including phenoxy) is 1. The van der Waals surface area contributed by atoms with Crippen LogP contribution in [0.5, 0.6) is 5.75 Å². The third-order valence-electron chi connectivity index (χ3n) is 5.19. The molecule has 1 unspecified atom stereocenters. The number of amides is 1. The molecular formula is C23H25N7O3. The van der Waals surface area contributed by atoms with Gasteiger partial charge < -0.3 is 15.4 Å². The van der Waals surface area contributed by atoms with Gasteiger partial charge in [0.15, 0.2) is 0 Å². The largest absolute Gasteiger partial charge is 0.497 e. The number of nitrogens with one attached hydrogen (secondary N) is 3. The molecule has 0 fully saturated rings. The van der Waals surface area contributed by atoms with Gasteiger partial charge in [-0.25, -0.2) is 4.98 Å². The number of fused-ring (bicyclic) bond motifs is 1. The van der Waals surface area contributed by atoms with Crippen LogP contribution in [0, 0.1) is 6.92 Å². The van der Waals surface area contributed by atoms with Crippen molar-refractivity contribution in [3.8, 4) is 11.4 Å². The Balaban J connectivity index is 1.38. The third-order valence-corrected chi connectivity index (χ3v) is 5.19.